The lowest BCUT2D eigenvalue weighted by Crippen LogP contribution is -1.98. The van der Waals surface area contributed by atoms with Crippen molar-refractivity contribution in [3.05, 3.63) is 39.1 Å². The molecular weight excluding hydrogens is 300 g/mol. The lowest BCUT2D eigenvalue weighted by atomic mass is 10.1. The number of rotatable bonds is 3. The topological polar surface area (TPSA) is 37.3 Å². The lowest BCUT2D eigenvalue weighted by Gasteiger charge is -2.00. The Bertz CT molecular complexity index is 323. The molecule has 0 heterocycles. The van der Waals surface area contributed by atoms with Crippen LogP contribution in [0.2, 0.25) is 0 Å². The van der Waals surface area contributed by atoms with Gasteiger partial charge in [-0.2, -0.15) is 0 Å². The maximum Gasteiger partial charge on any atom is 0.307 e. The first-order chi connectivity index (χ1) is 6.09. The maximum atomic E-state index is 10.2. The molecule has 0 saturated carbocycles. The third-order valence-electron chi connectivity index (χ3n) is 1.50. The number of carbonyl (C=O) groups is 1. The van der Waals surface area contributed by atoms with Gasteiger partial charge in [-0.3, -0.25) is 4.79 Å². The molecule has 1 aromatic carbocycles. The Morgan fingerprint density at radius 2 is 2.08 bits per heavy atom. The van der Waals surface area contributed by atoms with Gasteiger partial charge in [-0.05, 0) is 56.0 Å². The molecule has 13 heavy (non-hydrogen) atoms. The normalized spacial score (nSPS) is 10.0. The summed E-state index contributed by atoms with van der Waals surface area (Å²) in [6.45, 7) is 0. The van der Waals surface area contributed by atoms with E-state index >= 15 is 0 Å². The SMILES string of the molecule is O=C(O)[CH]Cc1ccc(Br)c(Br)c1. The Morgan fingerprint density at radius 3 is 2.62 bits per heavy atom. The first-order valence-electron chi connectivity index (χ1n) is 3.59. The Morgan fingerprint density at radius 1 is 1.38 bits per heavy atom. The van der Waals surface area contributed by atoms with Crippen LogP contribution in [0.4, 0.5) is 0 Å². The number of carboxylic acid groups (broad SMARTS) is 1. The number of benzene rings is 1. The van der Waals surface area contributed by atoms with E-state index in [1.165, 1.54) is 6.42 Å². The summed E-state index contributed by atoms with van der Waals surface area (Å²) in [5.74, 6) is -0.890. The van der Waals surface area contributed by atoms with Crippen molar-refractivity contribution in [2.45, 2.75) is 6.42 Å². The average molecular weight is 307 g/mol. The highest BCUT2D eigenvalue weighted by Crippen LogP contribution is 2.24. The van der Waals surface area contributed by atoms with Gasteiger partial charge in [0.25, 0.3) is 0 Å². The molecule has 0 aliphatic rings. The Kier molecular flexibility index (Phi) is 3.93. The standard InChI is InChI=1S/C9H7Br2O2/c10-7-3-1-6(5-8(7)11)2-4-9(12)13/h1,3-5H,2H2,(H,12,13). The van der Waals surface area contributed by atoms with Gasteiger partial charge in [0.15, 0.2) is 0 Å². The fourth-order valence-corrected chi connectivity index (χ4v) is 1.54. The number of carboxylic acids is 1. The Labute approximate surface area is 93.2 Å². The minimum Gasteiger partial charge on any atom is -0.481 e. The number of aliphatic carboxylic acids is 1. The molecule has 0 spiro atoms. The zero-order valence-corrected chi connectivity index (χ0v) is 9.80. The van der Waals surface area contributed by atoms with Crippen molar-refractivity contribution in [2.75, 3.05) is 0 Å². The van der Waals surface area contributed by atoms with Crippen molar-refractivity contribution in [3.8, 4) is 0 Å². The second kappa shape index (κ2) is 4.77. The van der Waals surface area contributed by atoms with Crippen molar-refractivity contribution in [3.63, 3.8) is 0 Å². The molecule has 0 fully saturated rings. The summed E-state index contributed by atoms with van der Waals surface area (Å²) in [4.78, 5) is 10.2. The molecule has 0 amide bonds. The van der Waals surface area contributed by atoms with E-state index in [1.807, 2.05) is 18.2 Å². The summed E-state index contributed by atoms with van der Waals surface area (Å²) in [6.07, 6.45) is 1.68. The summed E-state index contributed by atoms with van der Waals surface area (Å²) in [5, 5.41) is 8.42. The van der Waals surface area contributed by atoms with Gasteiger partial charge in [0.05, 0.1) is 6.42 Å². The van der Waals surface area contributed by atoms with Gasteiger partial charge in [0, 0.05) is 8.95 Å². The highest BCUT2D eigenvalue weighted by Gasteiger charge is 2.01. The molecule has 0 aliphatic heterocycles. The van der Waals surface area contributed by atoms with Crippen LogP contribution in [0.25, 0.3) is 0 Å². The molecule has 1 rings (SSSR count). The summed E-state index contributed by atoms with van der Waals surface area (Å²) in [7, 11) is 0. The monoisotopic (exact) mass is 305 g/mol. The fraction of sp³-hybridized carbons (Fsp3) is 0.111. The first kappa shape index (κ1) is 10.7. The van der Waals surface area contributed by atoms with E-state index in [0.717, 1.165) is 14.5 Å². The number of hydrogen-bond acceptors (Lipinski definition) is 1. The zero-order valence-electron chi connectivity index (χ0n) is 6.63. The van der Waals surface area contributed by atoms with Crippen LogP contribution in [0, 0.1) is 6.42 Å². The first-order valence-corrected chi connectivity index (χ1v) is 5.18. The van der Waals surface area contributed by atoms with Crippen LogP contribution in [0.3, 0.4) is 0 Å². The van der Waals surface area contributed by atoms with Crippen LogP contribution in [0.5, 0.6) is 0 Å². The quantitative estimate of drug-likeness (QED) is 0.932. The van der Waals surface area contributed by atoms with Gasteiger partial charge in [0.1, 0.15) is 0 Å². The minimum atomic E-state index is -0.890. The van der Waals surface area contributed by atoms with E-state index in [2.05, 4.69) is 31.9 Å². The predicted molar refractivity (Wildman–Crippen MR) is 57.5 cm³/mol. The smallest absolute Gasteiger partial charge is 0.307 e. The van der Waals surface area contributed by atoms with Crippen molar-refractivity contribution >= 4 is 37.8 Å². The van der Waals surface area contributed by atoms with Crippen LogP contribution < -0.4 is 0 Å². The molecule has 69 valence electrons. The van der Waals surface area contributed by atoms with E-state index < -0.39 is 5.97 Å². The van der Waals surface area contributed by atoms with Crippen LogP contribution in [0.15, 0.2) is 27.1 Å². The second-order valence-electron chi connectivity index (χ2n) is 2.49. The summed E-state index contributed by atoms with van der Waals surface area (Å²) < 4.78 is 1.90. The molecule has 1 aromatic rings. The zero-order chi connectivity index (χ0) is 9.84. The van der Waals surface area contributed by atoms with Crippen LogP contribution in [-0.2, 0) is 11.2 Å². The van der Waals surface area contributed by atoms with Gasteiger partial charge in [0.2, 0.25) is 0 Å². The van der Waals surface area contributed by atoms with Gasteiger partial charge in [-0.25, -0.2) is 0 Å². The summed E-state index contributed by atoms with van der Waals surface area (Å²) in [6, 6.07) is 5.66. The van der Waals surface area contributed by atoms with Crippen molar-refractivity contribution in [2.24, 2.45) is 0 Å². The summed E-state index contributed by atoms with van der Waals surface area (Å²) in [5.41, 5.74) is 0.970. The lowest BCUT2D eigenvalue weighted by molar-refractivity contribution is -0.133. The average Bonchev–Trinajstić information content (AvgIpc) is 2.07. The molecule has 0 aliphatic carbocycles. The Balaban J connectivity index is 2.68. The predicted octanol–water partition coefficient (Wildman–Crippen LogP) is 3.04. The maximum absolute atomic E-state index is 10.2. The second-order valence-corrected chi connectivity index (χ2v) is 4.20. The molecule has 2 nitrogen and oxygen atoms in total. The Hall–Kier alpha value is -0.350. The highest BCUT2D eigenvalue weighted by molar-refractivity contribution is 9.13. The molecular formula is C9H7Br2O2. The number of hydrogen-bond donors (Lipinski definition) is 1. The van der Waals surface area contributed by atoms with Gasteiger partial charge >= 0.3 is 5.97 Å². The van der Waals surface area contributed by atoms with Gasteiger partial charge < -0.3 is 5.11 Å². The fourth-order valence-electron chi connectivity index (χ4n) is 0.872. The molecule has 0 bridgehead atoms. The molecule has 0 unspecified atom stereocenters. The van der Waals surface area contributed by atoms with E-state index in [9.17, 15) is 4.79 Å². The van der Waals surface area contributed by atoms with Gasteiger partial charge in [-0.1, -0.05) is 6.07 Å². The molecule has 1 radical (unpaired) electrons. The molecule has 0 atom stereocenters. The number of halogens is 2. The van der Waals surface area contributed by atoms with E-state index in [4.69, 9.17) is 5.11 Å². The molecule has 4 heteroatoms. The molecule has 0 saturated heterocycles. The van der Waals surface area contributed by atoms with Crippen LogP contribution >= 0.6 is 31.9 Å². The van der Waals surface area contributed by atoms with Crippen molar-refractivity contribution in [1.29, 1.82) is 0 Å². The third-order valence-corrected chi connectivity index (χ3v) is 3.38. The van der Waals surface area contributed by atoms with E-state index in [0.29, 0.717) is 6.42 Å². The molecule has 1 N–H and O–H groups in total. The summed E-state index contributed by atoms with van der Waals surface area (Å²) >= 11 is 6.68. The highest BCUT2D eigenvalue weighted by atomic mass is 79.9. The van der Waals surface area contributed by atoms with Crippen LogP contribution in [0.1, 0.15) is 5.56 Å². The molecule has 0 aromatic heterocycles. The van der Waals surface area contributed by atoms with Crippen molar-refractivity contribution in [1.82, 2.24) is 0 Å². The van der Waals surface area contributed by atoms with E-state index in [-0.39, 0.29) is 0 Å². The van der Waals surface area contributed by atoms with Crippen molar-refractivity contribution < 1.29 is 9.90 Å². The van der Waals surface area contributed by atoms with Gasteiger partial charge in [-0.15, -0.1) is 0 Å². The minimum absolute atomic E-state index is 0.446. The third kappa shape index (κ3) is 3.48. The largest absolute Gasteiger partial charge is 0.481 e. The van der Waals surface area contributed by atoms with E-state index in [1.54, 1.807) is 0 Å². The van der Waals surface area contributed by atoms with Crippen LogP contribution in [-0.4, -0.2) is 11.1 Å².